The van der Waals surface area contributed by atoms with Crippen molar-refractivity contribution in [1.29, 1.82) is 0 Å². The Labute approximate surface area is 262 Å². The summed E-state index contributed by atoms with van der Waals surface area (Å²) in [5.74, 6) is 0.0516. The van der Waals surface area contributed by atoms with E-state index in [1.165, 1.54) is 6.08 Å². The third-order valence-corrected chi connectivity index (χ3v) is 8.87. The predicted molar refractivity (Wildman–Crippen MR) is 172 cm³/mol. The Kier molecular flexibility index (Phi) is 9.46. The maximum atomic E-state index is 12.8. The summed E-state index contributed by atoms with van der Waals surface area (Å²) in [5, 5.41) is 12.3. The van der Waals surface area contributed by atoms with Gasteiger partial charge in [0, 0.05) is 42.8 Å². The van der Waals surface area contributed by atoms with Crippen molar-refractivity contribution in [2.24, 2.45) is 5.92 Å². The maximum Gasteiger partial charge on any atom is 0.411 e. The van der Waals surface area contributed by atoms with Crippen LogP contribution < -0.4 is 11.0 Å². The van der Waals surface area contributed by atoms with Crippen LogP contribution in [-0.4, -0.2) is 58.0 Å². The molecule has 2 aliphatic rings. The van der Waals surface area contributed by atoms with Gasteiger partial charge in [0.2, 0.25) is 0 Å². The number of benzene rings is 3. The minimum Gasteiger partial charge on any atom is -0.445 e. The van der Waals surface area contributed by atoms with Gasteiger partial charge in [-0.25, -0.2) is 9.59 Å². The van der Waals surface area contributed by atoms with Crippen molar-refractivity contribution in [3.05, 3.63) is 113 Å². The molecule has 45 heavy (non-hydrogen) atoms. The second-order valence-electron chi connectivity index (χ2n) is 11.8. The van der Waals surface area contributed by atoms with Crippen molar-refractivity contribution in [3.63, 3.8) is 0 Å². The van der Waals surface area contributed by atoms with Gasteiger partial charge in [0.25, 0.3) is 0 Å². The molecule has 0 bridgehead atoms. The molecule has 3 N–H and O–H groups in total. The normalized spacial score (nSPS) is 22.7. The number of ether oxygens (including phenoxy) is 3. The summed E-state index contributed by atoms with van der Waals surface area (Å²) in [7, 11) is 0. The molecule has 4 aromatic rings. The van der Waals surface area contributed by atoms with E-state index in [0.717, 1.165) is 60.2 Å². The van der Waals surface area contributed by atoms with Crippen LogP contribution in [0.2, 0.25) is 0 Å². The van der Waals surface area contributed by atoms with Crippen molar-refractivity contribution >= 4 is 22.8 Å². The summed E-state index contributed by atoms with van der Waals surface area (Å²) in [4.78, 5) is 30.2. The largest absolute Gasteiger partial charge is 0.445 e. The van der Waals surface area contributed by atoms with Crippen molar-refractivity contribution in [2.75, 3.05) is 31.6 Å². The van der Waals surface area contributed by atoms with Gasteiger partial charge >= 0.3 is 11.8 Å². The number of imidazole rings is 1. The number of rotatable bonds is 9. The maximum absolute atomic E-state index is 12.8. The molecule has 1 aromatic heterocycles. The molecular formula is C35H40N4O6. The van der Waals surface area contributed by atoms with Crippen LogP contribution >= 0.6 is 0 Å². The molecule has 236 valence electrons. The number of carbonyl (C=O) groups is 1. The molecule has 0 saturated carbocycles. The van der Waals surface area contributed by atoms with Crippen molar-refractivity contribution in [2.45, 2.75) is 50.9 Å². The Bertz CT molecular complexity index is 1660. The van der Waals surface area contributed by atoms with Crippen molar-refractivity contribution < 1.29 is 24.1 Å². The van der Waals surface area contributed by atoms with Gasteiger partial charge in [-0.05, 0) is 48.2 Å². The minimum atomic E-state index is -0.613. The molecule has 2 fully saturated rings. The Morgan fingerprint density at radius 3 is 2.47 bits per heavy atom. The molecule has 3 heterocycles. The van der Waals surface area contributed by atoms with Gasteiger partial charge in [0.1, 0.15) is 6.61 Å². The van der Waals surface area contributed by atoms with Crippen molar-refractivity contribution in [1.82, 2.24) is 14.5 Å². The Morgan fingerprint density at radius 1 is 1.04 bits per heavy atom. The first kappa shape index (κ1) is 30.8. The van der Waals surface area contributed by atoms with E-state index >= 15 is 0 Å². The molecular weight excluding hydrogens is 572 g/mol. The van der Waals surface area contributed by atoms with Crippen LogP contribution in [0.25, 0.3) is 11.0 Å². The summed E-state index contributed by atoms with van der Waals surface area (Å²) in [6.07, 6.45) is 1.75. The zero-order chi connectivity index (χ0) is 31.3. The average Bonchev–Trinajstić information content (AvgIpc) is 3.41. The second-order valence-corrected chi connectivity index (χ2v) is 11.8. The van der Waals surface area contributed by atoms with Gasteiger partial charge in [-0.1, -0.05) is 68.1 Å². The number of likely N-dealkylation sites (tertiary alicyclic amines) is 1. The van der Waals surface area contributed by atoms with Crippen LogP contribution in [0.1, 0.15) is 54.9 Å². The fourth-order valence-electron chi connectivity index (χ4n) is 6.39. The van der Waals surface area contributed by atoms with Crippen LogP contribution in [0.15, 0.2) is 90.2 Å². The van der Waals surface area contributed by atoms with Gasteiger partial charge in [-0.2, -0.15) is 0 Å². The molecule has 1 amide bonds. The summed E-state index contributed by atoms with van der Waals surface area (Å²) in [5.41, 5.74) is 5.08. The standard InChI is InChI=1S/C35H40N4O6/c1-3-20-43-35(42)36-27-14-12-26(13-15-27)33-44-31(23(2)32(45-33)25-10-8-24(22-40)9-11-25)21-38-18-16-28(17-19-38)39-30-7-5-4-6-29(30)37-34(39)41/h3-15,23,28,31-33,40H,1,16-22H2,2H3,(H,36,42)(H,37,41). The topological polar surface area (TPSA) is 118 Å². The van der Waals surface area contributed by atoms with Gasteiger partial charge < -0.3 is 29.2 Å². The van der Waals surface area contributed by atoms with Crippen LogP contribution in [0, 0.1) is 5.92 Å². The van der Waals surface area contributed by atoms with Crippen LogP contribution in [0.5, 0.6) is 0 Å². The van der Waals surface area contributed by atoms with Crippen molar-refractivity contribution in [3.8, 4) is 0 Å². The lowest BCUT2D eigenvalue weighted by atomic mass is 9.89. The van der Waals surface area contributed by atoms with Crippen LogP contribution in [-0.2, 0) is 20.8 Å². The second kappa shape index (κ2) is 13.8. The lowest BCUT2D eigenvalue weighted by Crippen LogP contribution is -2.47. The fraction of sp³-hybridized carbons (Fsp3) is 0.371. The monoisotopic (exact) mass is 612 g/mol. The Balaban J connectivity index is 1.17. The van der Waals surface area contributed by atoms with Crippen LogP contribution in [0.3, 0.4) is 0 Å². The lowest BCUT2D eigenvalue weighted by Gasteiger charge is -2.44. The van der Waals surface area contributed by atoms with E-state index in [2.05, 4.69) is 28.7 Å². The summed E-state index contributed by atoms with van der Waals surface area (Å²) in [6, 6.07) is 23.2. The van der Waals surface area contributed by atoms with E-state index in [9.17, 15) is 14.7 Å². The number of amides is 1. The number of nitrogens with zero attached hydrogens (tertiary/aromatic N) is 2. The molecule has 4 unspecified atom stereocenters. The highest BCUT2D eigenvalue weighted by Crippen LogP contribution is 2.42. The number of piperidine rings is 1. The van der Waals surface area contributed by atoms with E-state index < -0.39 is 12.4 Å². The highest BCUT2D eigenvalue weighted by atomic mass is 16.7. The molecule has 0 radical (unpaired) electrons. The Hall–Kier alpha value is -4.22. The molecule has 0 aliphatic carbocycles. The molecule has 6 rings (SSSR count). The van der Waals surface area contributed by atoms with Crippen LogP contribution in [0.4, 0.5) is 10.5 Å². The first-order valence-electron chi connectivity index (χ1n) is 15.5. The summed E-state index contributed by atoms with van der Waals surface area (Å²) < 4.78 is 20.2. The number of hydrogen-bond donors (Lipinski definition) is 3. The predicted octanol–water partition coefficient (Wildman–Crippen LogP) is 5.68. The number of fused-ring (bicyclic) bond motifs is 1. The Morgan fingerprint density at radius 2 is 1.76 bits per heavy atom. The quantitative estimate of drug-likeness (QED) is 0.208. The molecule has 3 aromatic carbocycles. The van der Waals surface area contributed by atoms with E-state index in [1.54, 1.807) is 12.1 Å². The number of carbonyl (C=O) groups excluding carboxylic acids is 1. The third-order valence-electron chi connectivity index (χ3n) is 8.87. The minimum absolute atomic E-state index is 0.0160. The average molecular weight is 613 g/mol. The fourth-order valence-corrected chi connectivity index (χ4v) is 6.39. The molecule has 10 nitrogen and oxygen atoms in total. The number of aliphatic hydroxyl groups is 1. The van der Waals surface area contributed by atoms with E-state index in [4.69, 9.17) is 14.2 Å². The van der Waals surface area contributed by atoms with Gasteiger partial charge in [-0.15, -0.1) is 0 Å². The lowest BCUT2D eigenvalue weighted by molar-refractivity contribution is -0.276. The number of para-hydroxylation sites is 2. The number of H-pyrrole nitrogens is 1. The summed E-state index contributed by atoms with van der Waals surface area (Å²) >= 11 is 0. The highest BCUT2D eigenvalue weighted by molar-refractivity contribution is 5.84. The number of nitrogens with one attached hydrogen (secondary N) is 2. The van der Waals surface area contributed by atoms with Gasteiger partial charge in [0.15, 0.2) is 6.29 Å². The summed E-state index contributed by atoms with van der Waals surface area (Å²) in [6.45, 7) is 8.27. The first-order chi connectivity index (χ1) is 21.9. The number of anilines is 1. The van der Waals surface area contributed by atoms with E-state index in [0.29, 0.717) is 5.69 Å². The van der Waals surface area contributed by atoms with Gasteiger partial charge in [-0.3, -0.25) is 9.88 Å². The SMILES string of the molecule is C=CCOC(=O)Nc1ccc(C2OC(CN3CCC(n4c(=O)[nH]c5ccccc54)CC3)C(C)C(c3ccc(CO)cc3)O2)cc1. The molecule has 2 aliphatic heterocycles. The smallest absolute Gasteiger partial charge is 0.411 e. The van der Waals surface area contributed by atoms with Gasteiger partial charge in [0.05, 0.1) is 29.8 Å². The first-order valence-corrected chi connectivity index (χ1v) is 15.5. The molecule has 0 spiro atoms. The number of aromatic nitrogens is 2. The molecule has 10 heteroatoms. The zero-order valence-electron chi connectivity index (χ0n) is 25.4. The number of aliphatic hydroxyl groups excluding tert-OH is 1. The highest BCUT2D eigenvalue weighted by Gasteiger charge is 2.39. The number of aromatic amines is 1. The number of hydrogen-bond acceptors (Lipinski definition) is 7. The molecule has 4 atom stereocenters. The third kappa shape index (κ3) is 6.89. The van der Waals surface area contributed by atoms with E-state index in [1.807, 2.05) is 65.2 Å². The molecule has 2 saturated heterocycles. The zero-order valence-corrected chi connectivity index (χ0v) is 25.4. The van der Waals surface area contributed by atoms with E-state index in [-0.39, 0.29) is 43.1 Å².